The molecule has 3 aromatic rings. The largest absolute Gasteiger partial charge is 0.382 e. The van der Waals surface area contributed by atoms with E-state index in [-0.39, 0.29) is 17.9 Å². The van der Waals surface area contributed by atoms with Gasteiger partial charge in [-0.15, -0.1) is 0 Å². The molecule has 4 rings (SSSR count). The minimum Gasteiger partial charge on any atom is -0.382 e. The van der Waals surface area contributed by atoms with Crippen LogP contribution in [0.4, 0.5) is 5.82 Å². The molecule has 7 heteroatoms. The summed E-state index contributed by atoms with van der Waals surface area (Å²) in [7, 11) is 1.69. The molecule has 1 aliphatic rings. The number of fused-ring (bicyclic) bond motifs is 1. The first kappa shape index (κ1) is 19.8. The van der Waals surface area contributed by atoms with Gasteiger partial charge in [-0.2, -0.15) is 0 Å². The van der Waals surface area contributed by atoms with Gasteiger partial charge in [0.05, 0.1) is 11.2 Å². The van der Waals surface area contributed by atoms with Crippen LogP contribution in [0.15, 0.2) is 36.4 Å². The third-order valence-electron chi connectivity index (χ3n) is 5.88. The number of rotatable bonds is 1. The molecule has 1 fully saturated rings. The molecule has 152 valence electrons. The molecule has 1 saturated heterocycles. The van der Waals surface area contributed by atoms with Crippen LogP contribution in [0.1, 0.15) is 25.2 Å². The zero-order valence-electron chi connectivity index (χ0n) is 17.3. The molecule has 0 saturated carbocycles. The first-order valence-electron chi connectivity index (χ1n) is 9.75. The zero-order valence-corrected chi connectivity index (χ0v) is 17.3. The van der Waals surface area contributed by atoms with Crippen molar-refractivity contribution in [2.75, 3.05) is 12.8 Å². The van der Waals surface area contributed by atoms with Gasteiger partial charge in [0.2, 0.25) is 5.60 Å². The number of anilines is 1. The number of likely N-dealkylation sites (N-methyl/N-ethyl adjacent to an activating group) is 1. The predicted molar refractivity (Wildman–Crippen MR) is 115 cm³/mol. The highest BCUT2D eigenvalue weighted by atomic mass is 16.3. The van der Waals surface area contributed by atoms with Crippen LogP contribution in [-0.4, -0.2) is 49.6 Å². The molecule has 7 nitrogen and oxygen atoms in total. The van der Waals surface area contributed by atoms with Gasteiger partial charge in [-0.05, 0) is 38.1 Å². The minimum absolute atomic E-state index is 0.0822. The summed E-state index contributed by atoms with van der Waals surface area (Å²) < 4.78 is 0. The van der Waals surface area contributed by atoms with Gasteiger partial charge < -0.3 is 15.7 Å². The van der Waals surface area contributed by atoms with E-state index < -0.39 is 5.60 Å². The second kappa shape index (κ2) is 7.08. The molecule has 2 aromatic heterocycles. The lowest BCUT2D eigenvalue weighted by molar-refractivity contribution is -0.139. The van der Waals surface area contributed by atoms with Crippen molar-refractivity contribution in [3.05, 3.63) is 47.8 Å². The van der Waals surface area contributed by atoms with Crippen molar-refractivity contribution in [3.63, 3.8) is 0 Å². The van der Waals surface area contributed by atoms with E-state index in [2.05, 4.69) is 26.8 Å². The van der Waals surface area contributed by atoms with Crippen LogP contribution in [0.5, 0.6) is 0 Å². The summed E-state index contributed by atoms with van der Waals surface area (Å²) in [4.78, 5) is 27.2. The normalized spacial score (nSPS) is 23.5. The summed E-state index contributed by atoms with van der Waals surface area (Å²) in [6.07, 6.45) is 0. The minimum atomic E-state index is -1.69. The Morgan fingerprint density at radius 3 is 2.63 bits per heavy atom. The lowest BCUT2D eigenvalue weighted by Crippen LogP contribution is -2.40. The first-order valence-corrected chi connectivity index (χ1v) is 9.75. The summed E-state index contributed by atoms with van der Waals surface area (Å²) in [5.41, 5.74) is 7.80. The number of amides is 1. The van der Waals surface area contributed by atoms with Crippen molar-refractivity contribution in [2.45, 2.75) is 32.4 Å². The van der Waals surface area contributed by atoms with E-state index in [0.29, 0.717) is 33.9 Å². The van der Waals surface area contributed by atoms with Crippen molar-refractivity contribution < 1.29 is 9.90 Å². The number of hydrogen-bond acceptors (Lipinski definition) is 6. The highest BCUT2D eigenvalue weighted by molar-refractivity contribution is 5.91. The van der Waals surface area contributed by atoms with Gasteiger partial charge in [-0.25, -0.2) is 15.0 Å². The van der Waals surface area contributed by atoms with Crippen LogP contribution >= 0.6 is 0 Å². The van der Waals surface area contributed by atoms with E-state index >= 15 is 0 Å². The first-order chi connectivity index (χ1) is 14.2. The molecule has 0 bridgehead atoms. The second-order valence-electron chi connectivity index (χ2n) is 7.76. The molecule has 1 amide bonds. The van der Waals surface area contributed by atoms with E-state index in [4.69, 9.17) is 5.73 Å². The smallest absolute Gasteiger partial charge is 0.267 e. The highest BCUT2D eigenvalue weighted by Gasteiger charge is 2.52. The highest BCUT2D eigenvalue weighted by Crippen LogP contribution is 2.33. The van der Waals surface area contributed by atoms with Gasteiger partial charge >= 0.3 is 0 Å². The molecular formula is C23H23N5O2. The number of hydrogen-bond donors (Lipinski definition) is 2. The van der Waals surface area contributed by atoms with Crippen LogP contribution in [0.3, 0.4) is 0 Å². The van der Waals surface area contributed by atoms with Gasteiger partial charge in [0.1, 0.15) is 11.3 Å². The zero-order chi connectivity index (χ0) is 21.6. The molecule has 0 radical (unpaired) electrons. The maximum absolute atomic E-state index is 12.5. The second-order valence-corrected chi connectivity index (χ2v) is 7.76. The molecular weight excluding hydrogens is 378 g/mol. The molecule has 0 unspecified atom stereocenters. The molecule has 0 spiro atoms. The number of nitrogens with zero attached hydrogens (tertiary/aromatic N) is 4. The number of carbonyl (C=O) groups is 1. The quantitative estimate of drug-likeness (QED) is 0.606. The monoisotopic (exact) mass is 401 g/mol. The van der Waals surface area contributed by atoms with Gasteiger partial charge in [0.25, 0.3) is 5.91 Å². The van der Waals surface area contributed by atoms with Crippen LogP contribution in [-0.2, 0) is 4.79 Å². The molecule has 1 aliphatic heterocycles. The van der Waals surface area contributed by atoms with Crippen molar-refractivity contribution in [3.8, 4) is 23.1 Å². The van der Waals surface area contributed by atoms with Crippen molar-refractivity contribution >= 4 is 22.8 Å². The number of likely N-dealkylation sites (tertiary alicyclic amines) is 1. The van der Waals surface area contributed by atoms with Gasteiger partial charge in [-0.3, -0.25) is 4.79 Å². The number of nitrogen functional groups attached to an aromatic ring is 1. The van der Waals surface area contributed by atoms with Crippen molar-refractivity contribution in [1.29, 1.82) is 0 Å². The average molecular weight is 401 g/mol. The van der Waals surface area contributed by atoms with Crippen LogP contribution in [0.2, 0.25) is 0 Å². The predicted octanol–water partition coefficient (Wildman–Crippen LogP) is 2.16. The Kier molecular flexibility index (Phi) is 4.67. The molecule has 3 atom stereocenters. The fraction of sp³-hybridized carbons (Fsp3) is 0.304. The maximum Gasteiger partial charge on any atom is 0.267 e. The Morgan fingerprint density at radius 1 is 1.17 bits per heavy atom. The number of pyridine rings is 1. The number of aliphatic hydroxyl groups is 1. The molecule has 3 N–H and O–H groups in total. The number of aromatic nitrogens is 3. The van der Waals surface area contributed by atoms with Crippen LogP contribution in [0, 0.1) is 24.7 Å². The number of benzene rings is 1. The Labute approximate surface area is 175 Å². The average Bonchev–Trinajstić information content (AvgIpc) is 2.88. The number of carbonyl (C=O) groups excluding carboxylic acids is 1. The number of aryl methyl sites for hydroxylation is 1. The van der Waals surface area contributed by atoms with Gasteiger partial charge in [0.15, 0.2) is 5.82 Å². The summed E-state index contributed by atoms with van der Waals surface area (Å²) in [5, 5.41) is 10.9. The van der Waals surface area contributed by atoms with Crippen molar-refractivity contribution in [2.24, 2.45) is 5.92 Å². The van der Waals surface area contributed by atoms with Crippen molar-refractivity contribution in [1.82, 2.24) is 19.9 Å². The molecule has 30 heavy (non-hydrogen) atoms. The Morgan fingerprint density at radius 2 is 1.93 bits per heavy atom. The maximum atomic E-state index is 12.5. The SMILES string of the molecule is Cc1nc(N)c2nc(-c3cccc(C#C[C@@]4(O)C(=O)N(C)[C@H](C)[C@@H]4C)c3)ccc2n1. The summed E-state index contributed by atoms with van der Waals surface area (Å²) in [5.74, 6) is 6.06. The fourth-order valence-corrected chi connectivity index (χ4v) is 3.74. The Balaban J connectivity index is 1.71. The Bertz CT molecular complexity index is 1230. The molecule has 0 aliphatic carbocycles. The summed E-state index contributed by atoms with van der Waals surface area (Å²) in [6.45, 7) is 5.53. The van der Waals surface area contributed by atoms with E-state index in [1.165, 1.54) is 0 Å². The van der Waals surface area contributed by atoms with E-state index in [0.717, 1.165) is 5.56 Å². The molecule has 1 aromatic carbocycles. The standard InChI is InChI=1S/C23H23N5O2/c1-13-14(2)28(4)22(29)23(13,30)11-10-16-6-5-7-17(12-16)18-8-9-19-20(27-18)21(24)26-15(3)25-19/h5-9,12-14,30H,1-4H3,(H2,24,25,26)/t13-,14+,23-/m0/s1. The lowest BCUT2D eigenvalue weighted by atomic mass is 9.88. The third-order valence-corrected chi connectivity index (χ3v) is 5.88. The van der Waals surface area contributed by atoms with Crippen LogP contribution in [0.25, 0.3) is 22.3 Å². The molecule has 3 heterocycles. The van der Waals surface area contributed by atoms with E-state index in [9.17, 15) is 9.90 Å². The van der Waals surface area contributed by atoms with Gasteiger partial charge in [-0.1, -0.05) is 30.9 Å². The number of nitrogens with two attached hydrogens (primary N) is 1. The topological polar surface area (TPSA) is 105 Å². The Hall–Kier alpha value is -3.50. The lowest BCUT2D eigenvalue weighted by Gasteiger charge is -2.19. The fourth-order valence-electron chi connectivity index (χ4n) is 3.74. The third kappa shape index (κ3) is 3.15. The van der Waals surface area contributed by atoms with E-state index in [1.54, 1.807) is 18.9 Å². The van der Waals surface area contributed by atoms with Gasteiger partial charge in [0, 0.05) is 30.1 Å². The summed E-state index contributed by atoms with van der Waals surface area (Å²) >= 11 is 0. The van der Waals surface area contributed by atoms with Crippen LogP contribution < -0.4 is 5.73 Å². The summed E-state index contributed by atoms with van der Waals surface area (Å²) in [6, 6.07) is 11.1. The van der Waals surface area contributed by atoms with E-state index in [1.807, 2.05) is 50.2 Å².